The molecule has 3 rings (SSSR count). The molecule has 3 nitrogen and oxygen atoms in total. The zero-order valence-corrected chi connectivity index (χ0v) is 10.8. The lowest BCUT2D eigenvalue weighted by molar-refractivity contribution is 0.484. The molecule has 94 valence electrons. The minimum Gasteiger partial charge on any atom is -0.325 e. The van der Waals surface area contributed by atoms with E-state index in [4.69, 9.17) is 5.73 Å². The molecule has 0 unspecified atom stereocenters. The highest BCUT2D eigenvalue weighted by molar-refractivity contribution is 5.69. The van der Waals surface area contributed by atoms with Crippen LogP contribution in [0.15, 0.2) is 24.3 Å². The predicted molar refractivity (Wildman–Crippen MR) is 73.2 cm³/mol. The molecule has 2 heterocycles. The van der Waals surface area contributed by atoms with Crippen molar-refractivity contribution in [3.8, 4) is 11.1 Å². The van der Waals surface area contributed by atoms with E-state index >= 15 is 0 Å². The Balaban J connectivity index is 2.14. The van der Waals surface area contributed by atoms with E-state index in [0.717, 1.165) is 18.7 Å². The predicted octanol–water partition coefficient (Wildman–Crippen LogP) is 2.65. The fraction of sp³-hybridized carbons (Fsp3) is 0.400. The van der Waals surface area contributed by atoms with Gasteiger partial charge in [-0.1, -0.05) is 29.8 Å². The summed E-state index contributed by atoms with van der Waals surface area (Å²) in [7, 11) is 0. The first-order chi connectivity index (χ1) is 8.79. The van der Waals surface area contributed by atoms with Gasteiger partial charge in [0.05, 0.1) is 5.69 Å². The first-order valence-corrected chi connectivity index (χ1v) is 6.65. The summed E-state index contributed by atoms with van der Waals surface area (Å²) in [6, 6.07) is 8.67. The van der Waals surface area contributed by atoms with E-state index in [0.29, 0.717) is 6.54 Å². The van der Waals surface area contributed by atoms with Gasteiger partial charge in [-0.15, -0.1) is 0 Å². The van der Waals surface area contributed by atoms with Gasteiger partial charge in [0.1, 0.15) is 0 Å². The Bertz CT molecular complexity index is 552. The molecule has 0 atom stereocenters. The van der Waals surface area contributed by atoms with Crippen molar-refractivity contribution in [1.82, 2.24) is 9.78 Å². The number of benzene rings is 1. The van der Waals surface area contributed by atoms with Crippen LogP contribution in [0, 0.1) is 6.92 Å². The van der Waals surface area contributed by atoms with Crippen LogP contribution in [-0.2, 0) is 19.5 Å². The van der Waals surface area contributed by atoms with Crippen molar-refractivity contribution in [3.05, 3.63) is 41.2 Å². The molecular weight excluding hydrogens is 222 g/mol. The number of aryl methyl sites for hydroxylation is 2. The van der Waals surface area contributed by atoms with Crippen molar-refractivity contribution in [2.24, 2.45) is 5.73 Å². The normalized spacial score (nSPS) is 14.6. The average Bonchev–Trinajstić information content (AvgIpc) is 2.78. The van der Waals surface area contributed by atoms with Crippen molar-refractivity contribution in [2.45, 2.75) is 39.3 Å². The third-order valence-electron chi connectivity index (χ3n) is 3.70. The molecule has 0 saturated heterocycles. The third-order valence-corrected chi connectivity index (χ3v) is 3.70. The van der Waals surface area contributed by atoms with E-state index in [9.17, 15) is 0 Å². The maximum absolute atomic E-state index is 5.85. The minimum absolute atomic E-state index is 0.517. The number of rotatable bonds is 2. The minimum atomic E-state index is 0.517. The maximum Gasteiger partial charge on any atom is 0.0841 e. The van der Waals surface area contributed by atoms with Gasteiger partial charge >= 0.3 is 0 Å². The van der Waals surface area contributed by atoms with Crippen molar-refractivity contribution in [1.29, 1.82) is 0 Å². The molecule has 0 aliphatic carbocycles. The highest BCUT2D eigenvalue weighted by atomic mass is 15.3. The van der Waals surface area contributed by atoms with Crippen LogP contribution in [0.25, 0.3) is 11.1 Å². The third kappa shape index (κ3) is 1.85. The monoisotopic (exact) mass is 241 g/mol. The molecule has 1 aromatic carbocycles. The molecule has 3 heteroatoms. The highest BCUT2D eigenvalue weighted by Gasteiger charge is 2.20. The Morgan fingerprint density at radius 1 is 1.22 bits per heavy atom. The summed E-state index contributed by atoms with van der Waals surface area (Å²) in [5.41, 5.74) is 12.1. The van der Waals surface area contributed by atoms with E-state index in [-0.39, 0.29) is 0 Å². The summed E-state index contributed by atoms with van der Waals surface area (Å²) >= 11 is 0. The molecule has 0 saturated carbocycles. The van der Waals surface area contributed by atoms with E-state index in [1.165, 1.54) is 35.2 Å². The van der Waals surface area contributed by atoms with E-state index in [2.05, 4.69) is 41.0 Å². The van der Waals surface area contributed by atoms with Crippen LogP contribution in [0.2, 0.25) is 0 Å². The lowest BCUT2D eigenvalue weighted by atomic mass is 9.98. The second kappa shape index (κ2) is 4.58. The van der Waals surface area contributed by atoms with Crippen LogP contribution < -0.4 is 5.73 Å². The molecular formula is C15H19N3. The molecule has 18 heavy (non-hydrogen) atoms. The van der Waals surface area contributed by atoms with Gasteiger partial charge in [0.25, 0.3) is 0 Å². The van der Waals surface area contributed by atoms with E-state index in [1.54, 1.807) is 0 Å². The standard InChI is InChI=1S/C15H19N3/c1-11-5-7-12(8-6-11)15-13(10-16)17-18-9-3-2-4-14(15)18/h5-8H,2-4,9-10,16H2,1H3. The Morgan fingerprint density at radius 2 is 2.00 bits per heavy atom. The summed E-state index contributed by atoms with van der Waals surface area (Å²) in [4.78, 5) is 0. The molecule has 0 bridgehead atoms. The summed E-state index contributed by atoms with van der Waals surface area (Å²) in [6.45, 7) is 3.67. The largest absolute Gasteiger partial charge is 0.325 e. The highest BCUT2D eigenvalue weighted by Crippen LogP contribution is 2.31. The number of hydrogen-bond acceptors (Lipinski definition) is 2. The van der Waals surface area contributed by atoms with Crippen LogP contribution in [0.5, 0.6) is 0 Å². The first kappa shape index (κ1) is 11.5. The molecule has 1 aliphatic rings. The smallest absolute Gasteiger partial charge is 0.0841 e. The quantitative estimate of drug-likeness (QED) is 0.878. The zero-order valence-electron chi connectivity index (χ0n) is 10.8. The molecule has 0 amide bonds. The number of nitrogens with zero attached hydrogens (tertiary/aromatic N) is 2. The SMILES string of the molecule is Cc1ccc(-c2c(CN)nn3c2CCCC3)cc1. The summed E-state index contributed by atoms with van der Waals surface area (Å²) in [5, 5.41) is 4.66. The lowest BCUT2D eigenvalue weighted by Crippen LogP contribution is -2.11. The number of fused-ring (bicyclic) bond motifs is 1. The average molecular weight is 241 g/mol. The van der Waals surface area contributed by atoms with Crippen molar-refractivity contribution in [3.63, 3.8) is 0 Å². The fourth-order valence-corrected chi connectivity index (χ4v) is 2.74. The Kier molecular flexibility index (Phi) is 2.92. The van der Waals surface area contributed by atoms with Crippen molar-refractivity contribution < 1.29 is 0 Å². The Morgan fingerprint density at radius 3 is 2.72 bits per heavy atom. The molecule has 1 aromatic heterocycles. The maximum atomic E-state index is 5.85. The van der Waals surface area contributed by atoms with Crippen molar-refractivity contribution in [2.75, 3.05) is 0 Å². The summed E-state index contributed by atoms with van der Waals surface area (Å²) in [5.74, 6) is 0. The van der Waals surface area contributed by atoms with Gasteiger partial charge in [-0.25, -0.2) is 0 Å². The number of nitrogens with two attached hydrogens (primary N) is 1. The van der Waals surface area contributed by atoms with Gasteiger partial charge in [-0.2, -0.15) is 5.10 Å². The van der Waals surface area contributed by atoms with Crippen molar-refractivity contribution >= 4 is 0 Å². The number of aromatic nitrogens is 2. The van der Waals surface area contributed by atoms with Crippen LogP contribution >= 0.6 is 0 Å². The Labute approximate surface area is 108 Å². The zero-order chi connectivity index (χ0) is 12.5. The van der Waals surface area contributed by atoms with E-state index < -0.39 is 0 Å². The Hall–Kier alpha value is -1.61. The fourth-order valence-electron chi connectivity index (χ4n) is 2.74. The van der Waals surface area contributed by atoms with Gasteiger partial charge in [0.15, 0.2) is 0 Å². The molecule has 2 aromatic rings. The van der Waals surface area contributed by atoms with Crippen LogP contribution in [0.4, 0.5) is 0 Å². The molecule has 0 spiro atoms. The van der Waals surface area contributed by atoms with E-state index in [1.807, 2.05) is 0 Å². The second-order valence-electron chi connectivity index (χ2n) is 5.02. The molecule has 1 aliphatic heterocycles. The van der Waals surface area contributed by atoms with Gasteiger partial charge in [0, 0.05) is 24.3 Å². The molecule has 0 radical (unpaired) electrons. The summed E-state index contributed by atoms with van der Waals surface area (Å²) in [6.07, 6.45) is 3.61. The van der Waals surface area contributed by atoms with Gasteiger partial charge in [-0.3, -0.25) is 4.68 Å². The van der Waals surface area contributed by atoms with Crippen LogP contribution in [0.1, 0.15) is 29.8 Å². The van der Waals surface area contributed by atoms with Crippen LogP contribution in [0.3, 0.4) is 0 Å². The van der Waals surface area contributed by atoms with Gasteiger partial charge in [-0.05, 0) is 31.7 Å². The van der Waals surface area contributed by atoms with Crippen LogP contribution in [-0.4, -0.2) is 9.78 Å². The second-order valence-corrected chi connectivity index (χ2v) is 5.02. The lowest BCUT2D eigenvalue weighted by Gasteiger charge is -2.14. The summed E-state index contributed by atoms with van der Waals surface area (Å²) < 4.78 is 2.15. The molecule has 0 fully saturated rings. The first-order valence-electron chi connectivity index (χ1n) is 6.65. The van der Waals surface area contributed by atoms with Gasteiger partial charge in [0.2, 0.25) is 0 Å². The topological polar surface area (TPSA) is 43.8 Å². The number of hydrogen-bond donors (Lipinski definition) is 1. The van der Waals surface area contributed by atoms with Gasteiger partial charge < -0.3 is 5.73 Å². The molecule has 2 N–H and O–H groups in total.